The molecule has 0 fully saturated rings. The van der Waals surface area contributed by atoms with Crippen LogP contribution in [0.5, 0.6) is 0 Å². The van der Waals surface area contributed by atoms with E-state index in [1.165, 1.54) is 0 Å². The highest BCUT2D eigenvalue weighted by Gasteiger charge is 2.13. The van der Waals surface area contributed by atoms with E-state index in [0.717, 1.165) is 22.1 Å². The Bertz CT molecular complexity index is 587. The molecule has 1 atom stereocenters. The fourth-order valence-corrected chi connectivity index (χ4v) is 2.58. The van der Waals surface area contributed by atoms with Gasteiger partial charge in [-0.2, -0.15) is 0 Å². The number of hydrogen-bond donors (Lipinski definition) is 1. The van der Waals surface area contributed by atoms with Gasteiger partial charge in [-0.15, -0.1) is 11.3 Å². The number of rotatable bonds is 4. The molecule has 0 radical (unpaired) electrons. The van der Waals surface area contributed by atoms with Crippen molar-refractivity contribution < 1.29 is 4.79 Å². The van der Waals surface area contributed by atoms with Gasteiger partial charge >= 0.3 is 0 Å². The second kappa shape index (κ2) is 5.52. The van der Waals surface area contributed by atoms with Crippen molar-refractivity contribution in [3.63, 3.8) is 0 Å². The van der Waals surface area contributed by atoms with Gasteiger partial charge in [0, 0.05) is 16.8 Å². The van der Waals surface area contributed by atoms with Crippen LogP contribution in [0.25, 0.3) is 0 Å². The minimum absolute atomic E-state index is 0.0270. The highest BCUT2D eigenvalue weighted by Crippen LogP contribution is 2.17. The molecule has 0 spiro atoms. The topological polar surface area (TPSA) is 59.8 Å². The number of thiazole rings is 1. The van der Waals surface area contributed by atoms with Crippen molar-refractivity contribution in [2.75, 3.05) is 0 Å². The first-order valence-electron chi connectivity index (χ1n) is 6.17. The summed E-state index contributed by atoms with van der Waals surface area (Å²) in [6, 6.07) is -0.0591. The van der Waals surface area contributed by atoms with Crippen molar-refractivity contribution in [3.8, 4) is 0 Å². The van der Waals surface area contributed by atoms with E-state index in [0.29, 0.717) is 6.54 Å². The average Bonchev–Trinajstić information content (AvgIpc) is 2.90. The van der Waals surface area contributed by atoms with E-state index in [1.54, 1.807) is 17.7 Å². The van der Waals surface area contributed by atoms with Crippen LogP contribution >= 0.6 is 11.3 Å². The molecular formula is C13H18N4OS. The summed E-state index contributed by atoms with van der Waals surface area (Å²) < 4.78 is 1.85. The van der Waals surface area contributed by atoms with Crippen LogP contribution in [-0.4, -0.2) is 20.4 Å². The van der Waals surface area contributed by atoms with Crippen LogP contribution in [0, 0.1) is 20.8 Å². The standard InChI is InChI=1S/C13H18N4OS/c1-8-6-19-13(15-8)10(3)16-12(18)5-17-7-14-9(2)11(17)4/h6-7,10H,5H2,1-4H3,(H,16,18). The zero-order chi connectivity index (χ0) is 14.0. The van der Waals surface area contributed by atoms with E-state index in [4.69, 9.17) is 0 Å². The number of hydrogen-bond acceptors (Lipinski definition) is 4. The summed E-state index contributed by atoms with van der Waals surface area (Å²) in [5.74, 6) is -0.0270. The molecule has 2 aromatic rings. The van der Waals surface area contributed by atoms with Crippen LogP contribution in [-0.2, 0) is 11.3 Å². The van der Waals surface area contributed by atoms with Gasteiger partial charge in [0.15, 0.2) is 0 Å². The molecule has 2 aromatic heterocycles. The maximum absolute atomic E-state index is 12.0. The first-order chi connectivity index (χ1) is 8.97. The van der Waals surface area contributed by atoms with Gasteiger partial charge in [0.05, 0.1) is 18.1 Å². The minimum atomic E-state index is -0.0591. The molecule has 0 aromatic carbocycles. The Morgan fingerprint density at radius 2 is 2.21 bits per heavy atom. The highest BCUT2D eigenvalue weighted by atomic mass is 32.1. The number of aryl methyl sites for hydroxylation is 2. The van der Waals surface area contributed by atoms with Crippen LogP contribution in [0.4, 0.5) is 0 Å². The molecule has 2 heterocycles. The molecule has 0 saturated carbocycles. The van der Waals surface area contributed by atoms with E-state index in [9.17, 15) is 4.79 Å². The summed E-state index contributed by atoms with van der Waals surface area (Å²) in [7, 11) is 0. The average molecular weight is 278 g/mol. The van der Waals surface area contributed by atoms with Gasteiger partial charge in [-0.05, 0) is 27.7 Å². The van der Waals surface area contributed by atoms with Gasteiger partial charge in [-0.3, -0.25) is 4.79 Å². The maximum Gasteiger partial charge on any atom is 0.240 e. The number of nitrogens with zero attached hydrogens (tertiary/aromatic N) is 3. The first kappa shape index (κ1) is 13.7. The molecule has 1 amide bonds. The monoisotopic (exact) mass is 278 g/mol. The third kappa shape index (κ3) is 3.20. The number of aromatic nitrogens is 3. The lowest BCUT2D eigenvalue weighted by Gasteiger charge is -2.12. The van der Waals surface area contributed by atoms with Gasteiger partial charge in [0.25, 0.3) is 0 Å². The minimum Gasteiger partial charge on any atom is -0.346 e. The van der Waals surface area contributed by atoms with E-state index in [1.807, 2.05) is 37.6 Å². The number of carbonyl (C=O) groups excluding carboxylic acids is 1. The Hall–Kier alpha value is -1.69. The molecule has 0 aliphatic heterocycles. The normalized spacial score (nSPS) is 12.4. The molecule has 102 valence electrons. The third-order valence-corrected chi connectivity index (χ3v) is 4.19. The Labute approximate surface area is 116 Å². The second-order valence-corrected chi connectivity index (χ2v) is 5.55. The van der Waals surface area contributed by atoms with Crippen LogP contribution in [0.1, 0.15) is 35.1 Å². The number of amides is 1. The van der Waals surface area contributed by atoms with Gasteiger partial charge in [-0.25, -0.2) is 9.97 Å². The van der Waals surface area contributed by atoms with Gasteiger partial charge in [0.1, 0.15) is 11.6 Å². The molecule has 0 saturated heterocycles. The summed E-state index contributed by atoms with van der Waals surface area (Å²) in [6.07, 6.45) is 1.70. The fourth-order valence-electron chi connectivity index (χ4n) is 1.78. The number of carbonyl (C=O) groups is 1. The molecule has 0 bridgehead atoms. The Kier molecular flexibility index (Phi) is 3.99. The zero-order valence-electron chi connectivity index (χ0n) is 11.6. The summed E-state index contributed by atoms with van der Waals surface area (Å²) in [4.78, 5) is 20.5. The van der Waals surface area contributed by atoms with E-state index in [2.05, 4.69) is 15.3 Å². The molecule has 1 N–H and O–H groups in total. The smallest absolute Gasteiger partial charge is 0.240 e. The molecule has 0 aliphatic rings. The van der Waals surface area contributed by atoms with Crippen molar-refractivity contribution in [2.45, 2.75) is 40.3 Å². The molecular weight excluding hydrogens is 260 g/mol. The zero-order valence-corrected chi connectivity index (χ0v) is 12.4. The molecule has 0 aliphatic carbocycles. The van der Waals surface area contributed by atoms with Gasteiger partial charge < -0.3 is 9.88 Å². The Balaban J connectivity index is 1.96. The van der Waals surface area contributed by atoms with Crippen LogP contribution in [0.15, 0.2) is 11.7 Å². The maximum atomic E-state index is 12.0. The predicted molar refractivity (Wildman–Crippen MR) is 75.1 cm³/mol. The van der Waals surface area contributed by atoms with Gasteiger partial charge in [0.2, 0.25) is 5.91 Å². The van der Waals surface area contributed by atoms with E-state index in [-0.39, 0.29) is 11.9 Å². The lowest BCUT2D eigenvalue weighted by atomic mass is 10.3. The molecule has 2 rings (SSSR count). The summed E-state index contributed by atoms with van der Waals surface area (Å²) in [5.41, 5.74) is 2.96. The lowest BCUT2D eigenvalue weighted by Crippen LogP contribution is -2.30. The third-order valence-electron chi connectivity index (χ3n) is 3.04. The molecule has 1 unspecified atom stereocenters. The van der Waals surface area contributed by atoms with Crippen molar-refractivity contribution in [1.82, 2.24) is 19.9 Å². The predicted octanol–water partition coefficient (Wildman–Crippen LogP) is 2.14. The quantitative estimate of drug-likeness (QED) is 0.932. The Morgan fingerprint density at radius 1 is 1.47 bits per heavy atom. The summed E-state index contributed by atoms with van der Waals surface area (Å²) >= 11 is 1.57. The van der Waals surface area contributed by atoms with Crippen molar-refractivity contribution >= 4 is 17.2 Å². The number of imidazole rings is 1. The SMILES string of the molecule is Cc1csc(C(C)NC(=O)Cn2cnc(C)c2C)n1. The summed E-state index contributed by atoms with van der Waals surface area (Å²) in [6.45, 7) is 8.09. The number of nitrogens with one attached hydrogen (secondary N) is 1. The van der Waals surface area contributed by atoms with E-state index < -0.39 is 0 Å². The molecule has 5 nitrogen and oxygen atoms in total. The van der Waals surface area contributed by atoms with Crippen LogP contribution in [0.2, 0.25) is 0 Å². The first-order valence-corrected chi connectivity index (χ1v) is 7.05. The largest absolute Gasteiger partial charge is 0.346 e. The van der Waals surface area contributed by atoms with Crippen molar-refractivity contribution in [1.29, 1.82) is 0 Å². The lowest BCUT2D eigenvalue weighted by molar-refractivity contribution is -0.122. The Morgan fingerprint density at radius 3 is 2.74 bits per heavy atom. The molecule has 19 heavy (non-hydrogen) atoms. The van der Waals surface area contributed by atoms with Crippen LogP contribution < -0.4 is 5.32 Å². The summed E-state index contributed by atoms with van der Waals surface area (Å²) in [5, 5.41) is 5.88. The van der Waals surface area contributed by atoms with Crippen molar-refractivity contribution in [3.05, 3.63) is 33.8 Å². The highest BCUT2D eigenvalue weighted by molar-refractivity contribution is 7.09. The second-order valence-electron chi connectivity index (χ2n) is 4.66. The van der Waals surface area contributed by atoms with Crippen LogP contribution in [0.3, 0.4) is 0 Å². The van der Waals surface area contributed by atoms with Crippen molar-refractivity contribution in [2.24, 2.45) is 0 Å². The molecule has 6 heteroatoms. The van der Waals surface area contributed by atoms with E-state index >= 15 is 0 Å². The van der Waals surface area contributed by atoms with Gasteiger partial charge in [-0.1, -0.05) is 0 Å². The fraction of sp³-hybridized carbons (Fsp3) is 0.462.